The lowest BCUT2D eigenvalue weighted by Crippen LogP contribution is -2.31. The van der Waals surface area contributed by atoms with E-state index in [2.05, 4.69) is 40.5 Å². The van der Waals surface area contributed by atoms with Crippen LogP contribution < -0.4 is 10.2 Å². The number of nitrogens with one attached hydrogen (secondary N) is 1. The molecule has 0 bridgehead atoms. The van der Waals surface area contributed by atoms with Crippen molar-refractivity contribution in [1.82, 2.24) is 9.97 Å². The number of hydrogen-bond acceptors (Lipinski definition) is 4. The summed E-state index contributed by atoms with van der Waals surface area (Å²) in [5, 5.41) is 5.62. The highest BCUT2D eigenvalue weighted by atomic mass is 35.5. The van der Waals surface area contributed by atoms with E-state index in [0.717, 1.165) is 53.6 Å². The van der Waals surface area contributed by atoms with Gasteiger partial charge in [0.15, 0.2) is 0 Å². The molecule has 4 nitrogen and oxygen atoms in total. The summed E-state index contributed by atoms with van der Waals surface area (Å²) in [5.41, 5.74) is 2.23. The monoisotopic (exact) mass is 378 g/mol. The average Bonchev–Trinajstić information content (AvgIpc) is 3.50. The van der Waals surface area contributed by atoms with Gasteiger partial charge in [0, 0.05) is 23.5 Å². The lowest BCUT2D eigenvalue weighted by Gasteiger charge is -2.28. The van der Waals surface area contributed by atoms with Crippen molar-refractivity contribution in [3.05, 3.63) is 59.1 Å². The molecule has 1 saturated carbocycles. The smallest absolute Gasteiger partial charge is 0.227 e. The van der Waals surface area contributed by atoms with Crippen LogP contribution in [0.25, 0.3) is 10.9 Å². The molecule has 0 unspecified atom stereocenters. The molecular formula is C22H23ClN4. The molecule has 1 N–H and O–H groups in total. The van der Waals surface area contributed by atoms with Gasteiger partial charge < -0.3 is 10.2 Å². The molecule has 3 aromatic rings. The quantitative estimate of drug-likeness (QED) is 0.662. The van der Waals surface area contributed by atoms with Crippen molar-refractivity contribution in [2.75, 3.05) is 23.3 Å². The van der Waals surface area contributed by atoms with E-state index in [1.54, 1.807) is 0 Å². The molecule has 5 rings (SSSR count). The molecule has 2 aliphatic rings. The molecule has 5 heteroatoms. The Labute approximate surface area is 164 Å². The largest absolute Gasteiger partial charge is 0.360 e. The number of hydrogen-bond donors (Lipinski definition) is 1. The highest BCUT2D eigenvalue weighted by Gasteiger charge is 2.45. The predicted molar refractivity (Wildman–Crippen MR) is 112 cm³/mol. The van der Waals surface area contributed by atoms with Crippen molar-refractivity contribution in [1.29, 1.82) is 0 Å². The Morgan fingerprint density at radius 2 is 1.63 bits per heavy atom. The first kappa shape index (κ1) is 16.8. The summed E-state index contributed by atoms with van der Waals surface area (Å²) in [6.45, 7) is 2.08. The number of benzene rings is 2. The second kappa shape index (κ2) is 6.68. The fraction of sp³-hybridized carbons (Fsp3) is 0.364. The first-order valence-corrected chi connectivity index (χ1v) is 10.2. The summed E-state index contributed by atoms with van der Waals surface area (Å²) in [6, 6.07) is 16.5. The van der Waals surface area contributed by atoms with Gasteiger partial charge in [0.05, 0.1) is 11.1 Å². The van der Waals surface area contributed by atoms with Crippen molar-refractivity contribution in [2.45, 2.75) is 37.6 Å². The van der Waals surface area contributed by atoms with Crippen LogP contribution in [-0.2, 0) is 5.54 Å². The number of fused-ring (bicyclic) bond motifs is 1. The third kappa shape index (κ3) is 3.23. The fourth-order valence-electron chi connectivity index (χ4n) is 4.00. The van der Waals surface area contributed by atoms with Crippen LogP contribution in [0.5, 0.6) is 0 Å². The third-order valence-corrected chi connectivity index (χ3v) is 5.99. The number of rotatable bonds is 4. The molecule has 27 heavy (non-hydrogen) atoms. The van der Waals surface area contributed by atoms with Gasteiger partial charge in [-0.05, 0) is 61.9 Å². The maximum Gasteiger partial charge on any atom is 0.227 e. The van der Waals surface area contributed by atoms with E-state index in [4.69, 9.17) is 21.6 Å². The van der Waals surface area contributed by atoms with Crippen molar-refractivity contribution in [2.24, 2.45) is 0 Å². The van der Waals surface area contributed by atoms with Crippen molar-refractivity contribution < 1.29 is 0 Å². The van der Waals surface area contributed by atoms with Crippen molar-refractivity contribution in [3.63, 3.8) is 0 Å². The number of halogens is 1. The van der Waals surface area contributed by atoms with Crippen molar-refractivity contribution in [3.8, 4) is 0 Å². The van der Waals surface area contributed by atoms with E-state index in [1.165, 1.54) is 24.8 Å². The van der Waals surface area contributed by atoms with Gasteiger partial charge in [-0.3, -0.25) is 0 Å². The molecule has 2 heterocycles. The van der Waals surface area contributed by atoms with E-state index in [0.29, 0.717) is 0 Å². The normalized spacial score (nSPS) is 18.5. The molecule has 1 aliphatic carbocycles. The summed E-state index contributed by atoms with van der Waals surface area (Å²) >= 11 is 6.08. The Hall–Kier alpha value is -2.33. The van der Waals surface area contributed by atoms with Gasteiger partial charge in [0.25, 0.3) is 0 Å². The molecule has 0 amide bonds. The molecule has 0 radical (unpaired) electrons. The molecule has 1 saturated heterocycles. The van der Waals surface area contributed by atoms with Crippen LogP contribution in [0.1, 0.15) is 37.7 Å². The Morgan fingerprint density at radius 1 is 0.889 bits per heavy atom. The van der Waals surface area contributed by atoms with E-state index in [-0.39, 0.29) is 5.54 Å². The Balaban J connectivity index is 1.54. The van der Waals surface area contributed by atoms with E-state index in [9.17, 15) is 0 Å². The summed E-state index contributed by atoms with van der Waals surface area (Å²) in [6.07, 6.45) is 5.94. The Morgan fingerprint density at radius 3 is 2.37 bits per heavy atom. The van der Waals surface area contributed by atoms with Gasteiger partial charge in [-0.1, -0.05) is 35.9 Å². The summed E-state index contributed by atoms with van der Waals surface area (Å²) < 4.78 is 0. The van der Waals surface area contributed by atoms with Gasteiger partial charge >= 0.3 is 0 Å². The maximum absolute atomic E-state index is 6.08. The number of anilines is 2. The van der Waals surface area contributed by atoms with Gasteiger partial charge in [-0.15, -0.1) is 0 Å². The van der Waals surface area contributed by atoms with E-state index in [1.807, 2.05) is 18.2 Å². The van der Waals surface area contributed by atoms with Gasteiger partial charge in [0.1, 0.15) is 5.82 Å². The molecule has 1 aromatic heterocycles. The second-order valence-corrected chi connectivity index (χ2v) is 8.09. The minimum absolute atomic E-state index is 0.0408. The third-order valence-electron chi connectivity index (χ3n) is 5.73. The predicted octanol–water partition coefficient (Wildman–Crippen LogP) is 5.37. The molecule has 2 aromatic carbocycles. The van der Waals surface area contributed by atoms with Gasteiger partial charge in [0.2, 0.25) is 5.95 Å². The number of para-hydroxylation sites is 1. The molecule has 1 aliphatic heterocycles. The molecular weight excluding hydrogens is 356 g/mol. The number of nitrogens with zero attached hydrogens (tertiary/aromatic N) is 3. The Kier molecular flexibility index (Phi) is 4.16. The van der Waals surface area contributed by atoms with Crippen LogP contribution in [0, 0.1) is 0 Å². The molecule has 0 spiro atoms. The summed E-state index contributed by atoms with van der Waals surface area (Å²) in [7, 11) is 0. The standard InChI is InChI=1S/C22H23ClN4/c23-17-10-8-16(9-11-17)22(12-13-22)26-20-18-6-2-3-7-19(18)24-21(25-20)27-14-4-1-5-15-27/h2-3,6-11H,1,4-5,12-15H2,(H,24,25,26). The zero-order valence-corrected chi connectivity index (χ0v) is 16.0. The molecule has 2 fully saturated rings. The van der Waals surface area contributed by atoms with Gasteiger partial charge in [-0.2, -0.15) is 4.98 Å². The van der Waals surface area contributed by atoms with Crippen molar-refractivity contribution >= 4 is 34.3 Å². The van der Waals surface area contributed by atoms with E-state index < -0.39 is 0 Å². The summed E-state index contributed by atoms with van der Waals surface area (Å²) in [5.74, 6) is 1.79. The lowest BCUT2D eigenvalue weighted by atomic mass is 10.0. The van der Waals surface area contributed by atoms with Crippen LogP contribution in [0.2, 0.25) is 5.02 Å². The first-order chi connectivity index (χ1) is 13.2. The Bertz CT molecular complexity index is 960. The maximum atomic E-state index is 6.08. The minimum Gasteiger partial charge on any atom is -0.360 e. The van der Waals surface area contributed by atoms with Crippen LogP contribution in [0.15, 0.2) is 48.5 Å². The first-order valence-electron chi connectivity index (χ1n) is 9.80. The fourth-order valence-corrected chi connectivity index (χ4v) is 4.13. The van der Waals surface area contributed by atoms with Crippen LogP contribution in [0.3, 0.4) is 0 Å². The molecule has 0 atom stereocenters. The highest BCUT2D eigenvalue weighted by Crippen LogP contribution is 2.49. The SMILES string of the molecule is Clc1ccc(C2(Nc3nc(N4CCCCC4)nc4ccccc34)CC2)cc1. The second-order valence-electron chi connectivity index (χ2n) is 7.65. The van der Waals surface area contributed by atoms with Crippen LogP contribution >= 0.6 is 11.6 Å². The number of aromatic nitrogens is 2. The molecule has 138 valence electrons. The topological polar surface area (TPSA) is 41.1 Å². The van der Waals surface area contributed by atoms with E-state index >= 15 is 0 Å². The lowest BCUT2D eigenvalue weighted by molar-refractivity contribution is 0.569. The highest BCUT2D eigenvalue weighted by molar-refractivity contribution is 6.30. The number of piperidine rings is 1. The van der Waals surface area contributed by atoms with Crippen LogP contribution in [-0.4, -0.2) is 23.1 Å². The zero-order valence-electron chi connectivity index (χ0n) is 15.3. The van der Waals surface area contributed by atoms with Crippen LogP contribution in [0.4, 0.5) is 11.8 Å². The minimum atomic E-state index is -0.0408. The summed E-state index contributed by atoms with van der Waals surface area (Å²) in [4.78, 5) is 12.1. The van der Waals surface area contributed by atoms with Gasteiger partial charge in [-0.25, -0.2) is 4.98 Å². The zero-order chi connectivity index (χ0) is 18.3. The average molecular weight is 379 g/mol.